The van der Waals surface area contributed by atoms with E-state index in [0.717, 1.165) is 5.56 Å². The molecule has 1 unspecified atom stereocenters. The number of para-hydroxylation sites is 1. The van der Waals surface area contributed by atoms with Crippen molar-refractivity contribution in [3.8, 4) is 29.1 Å². The lowest BCUT2D eigenvalue weighted by Crippen LogP contribution is -2.21. The van der Waals surface area contributed by atoms with Gasteiger partial charge in [0.15, 0.2) is 11.5 Å². The van der Waals surface area contributed by atoms with Crippen LogP contribution in [0.5, 0.6) is 23.0 Å². The molecule has 0 spiro atoms. The Morgan fingerprint density at radius 3 is 2.52 bits per heavy atom. The Hall–Kier alpha value is -4.44. The minimum Gasteiger partial charge on any atom is -0.493 e. The third-order valence-corrected chi connectivity index (χ3v) is 5.36. The molecule has 1 aliphatic rings. The van der Waals surface area contributed by atoms with Gasteiger partial charge in [0, 0.05) is 17.2 Å². The molecule has 0 aromatic heterocycles. The highest BCUT2D eigenvalue weighted by Gasteiger charge is 2.33. The van der Waals surface area contributed by atoms with Crippen molar-refractivity contribution in [1.82, 2.24) is 0 Å². The average Bonchev–Trinajstić information content (AvgIpc) is 2.83. The molecular weight excluding hydrogens is 420 g/mol. The van der Waals surface area contributed by atoms with Crippen molar-refractivity contribution in [1.29, 1.82) is 5.26 Å². The Labute approximate surface area is 191 Å². The molecule has 0 fully saturated rings. The zero-order chi connectivity index (χ0) is 23.4. The van der Waals surface area contributed by atoms with E-state index in [1.54, 1.807) is 31.4 Å². The van der Waals surface area contributed by atoms with Crippen molar-refractivity contribution in [3.05, 3.63) is 94.9 Å². The highest BCUT2D eigenvalue weighted by Crippen LogP contribution is 2.47. The molecule has 0 bridgehead atoms. The van der Waals surface area contributed by atoms with E-state index in [1.807, 2.05) is 42.5 Å². The highest BCUT2D eigenvalue weighted by atomic mass is 16.5. The maximum Gasteiger partial charge on any atom is 0.315 e. The van der Waals surface area contributed by atoms with Crippen LogP contribution in [0.25, 0.3) is 0 Å². The van der Waals surface area contributed by atoms with Crippen LogP contribution in [0, 0.1) is 11.3 Å². The Morgan fingerprint density at radius 2 is 1.82 bits per heavy atom. The van der Waals surface area contributed by atoms with Gasteiger partial charge in [-0.2, -0.15) is 5.26 Å². The summed E-state index contributed by atoms with van der Waals surface area (Å²) in [6.45, 7) is 0. The monoisotopic (exact) mass is 442 g/mol. The van der Waals surface area contributed by atoms with Gasteiger partial charge in [0.25, 0.3) is 0 Å². The zero-order valence-corrected chi connectivity index (χ0v) is 18.2. The fraction of sp³-hybridized carbons (Fsp3) is 0.154. The summed E-state index contributed by atoms with van der Waals surface area (Å²) in [5.41, 5.74) is 8.60. The summed E-state index contributed by atoms with van der Waals surface area (Å²) in [4.78, 5) is 12.4. The molecule has 2 N–H and O–H groups in total. The van der Waals surface area contributed by atoms with Crippen LogP contribution < -0.4 is 24.7 Å². The number of nitrogens with zero attached hydrogens (tertiary/aromatic N) is 1. The molecule has 7 nitrogen and oxygen atoms in total. The summed E-state index contributed by atoms with van der Waals surface area (Å²) in [5.74, 6) is 0.780. The molecule has 0 saturated heterocycles. The molecule has 0 amide bonds. The van der Waals surface area contributed by atoms with E-state index >= 15 is 0 Å². The summed E-state index contributed by atoms with van der Waals surface area (Å²) in [6, 6.07) is 21.9. The van der Waals surface area contributed by atoms with E-state index in [1.165, 1.54) is 7.11 Å². The Kier molecular flexibility index (Phi) is 6.18. The van der Waals surface area contributed by atoms with E-state index in [0.29, 0.717) is 34.1 Å². The first-order valence-electron chi connectivity index (χ1n) is 10.2. The van der Waals surface area contributed by atoms with Crippen molar-refractivity contribution in [2.24, 2.45) is 5.73 Å². The van der Waals surface area contributed by atoms with E-state index in [9.17, 15) is 10.1 Å². The second kappa shape index (κ2) is 9.37. The number of methoxy groups -OCH3 is 2. The van der Waals surface area contributed by atoms with Gasteiger partial charge in [-0.1, -0.05) is 48.5 Å². The molecule has 0 saturated carbocycles. The van der Waals surface area contributed by atoms with E-state index < -0.39 is 11.9 Å². The summed E-state index contributed by atoms with van der Waals surface area (Å²) < 4.78 is 22.2. The normalized spacial score (nSPS) is 14.5. The molecule has 7 heteroatoms. The number of carbonyl (C=O) groups excluding carboxylic acids is 1. The Bertz CT molecular complexity index is 1260. The fourth-order valence-corrected chi connectivity index (χ4v) is 3.89. The molecule has 3 aromatic rings. The highest BCUT2D eigenvalue weighted by molar-refractivity contribution is 5.75. The van der Waals surface area contributed by atoms with Crippen molar-refractivity contribution in [2.75, 3.05) is 14.2 Å². The molecule has 166 valence electrons. The lowest BCUT2D eigenvalue weighted by molar-refractivity contribution is -0.133. The predicted molar refractivity (Wildman–Crippen MR) is 121 cm³/mol. The van der Waals surface area contributed by atoms with Gasteiger partial charge < -0.3 is 24.7 Å². The zero-order valence-electron chi connectivity index (χ0n) is 18.2. The molecule has 33 heavy (non-hydrogen) atoms. The standard InChI is InChI=1S/C26H22N2O5/c1-30-21-10-6-9-19(25(21)31-2)24-18-12-11-17(14-22(18)33-26(28)20(24)15-27)32-23(29)13-16-7-4-3-5-8-16/h3-12,14,24H,13,28H2,1-2H3. The maximum absolute atomic E-state index is 12.4. The summed E-state index contributed by atoms with van der Waals surface area (Å²) >= 11 is 0. The van der Waals surface area contributed by atoms with Crippen LogP contribution in [0.1, 0.15) is 22.6 Å². The van der Waals surface area contributed by atoms with Crippen molar-refractivity contribution in [3.63, 3.8) is 0 Å². The molecule has 1 aliphatic heterocycles. The maximum atomic E-state index is 12.4. The van der Waals surface area contributed by atoms with Crippen LogP contribution in [0.15, 0.2) is 78.2 Å². The lowest BCUT2D eigenvalue weighted by atomic mass is 9.83. The average molecular weight is 442 g/mol. The van der Waals surface area contributed by atoms with Gasteiger partial charge in [-0.15, -0.1) is 0 Å². The van der Waals surface area contributed by atoms with Crippen LogP contribution >= 0.6 is 0 Å². The number of fused-ring (bicyclic) bond motifs is 1. The largest absolute Gasteiger partial charge is 0.493 e. The molecule has 1 atom stereocenters. The first kappa shape index (κ1) is 21.8. The summed E-state index contributed by atoms with van der Waals surface area (Å²) in [5, 5.41) is 9.81. The second-order valence-corrected chi connectivity index (χ2v) is 7.34. The minimum absolute atomic E-state index is 0.0207. The van der Waals surface area contributed by atoms with Gasteiger partial charge >= 0.3 is 5.97 Å². The van der Waals surface area contributed by atoms with Crippen molar-refractivity contribution in [2.45, 2.75) is 12.3 Å². The number of carbonyl (C=O) groups is 1. The summed E-state index contributed by atoms with van der Waals surface area (Å²) in [7, 11) is 3.08. The number of nitriles is 1. The molecule has 0 radical (unpaired) electrons. The van der Waals surface area contributed by atoms with Gasteiger partial charge in [0.05, 0.1) is 26.6 Å². The smallest absolute Gasteiger partial charge is 0.315 e. The van der Waals surface area contributed by atoms with Crippen LogP contribution in [0.3, 0.4) is 0 Å². The third kappa shape index (κ3) is 4.32. The van der Waals surface area contributed by atoms with E-state index in [2.05, 4.69) is 6.07 Å². The lowest BCUT2D eigenvalue weighted by Gasteiger charge is -2.28. The van der Waals surface area contributed by atoms with Crippen LogP contribution in [0.2, 0.25) is 0 Å². The van der Waals surface area contributed by atoms with Gasteiger partial charge in [-0.05, 0) is 17.7 Å². The number of hydrogen-bond acceptors (Lipinski definition) is 7. The van der Waals surface area contributed by atoms with Crippen molar-refractivity contribution < 1.29 is 23.7 Å². The van der Waals surface area contributed by atoms with Gasteiger partial charge in [-0.3, -0.25) is 4.79 Å². The summed E-state index contributed by atoms with van der Waals surface area (Å²) in [6.07, 6.45) is 0.142. The number of ether oxygens (including phenoxy) is 4. The SMILES string of the molecule is COc1cccc(C2C(C#N)=C(N)Oc3cc(OC(=O)Cc4ccccc4)ccc32)c1OC. The van der Waals surface area contributed by atoms with Crippen LogP contribution in [-0.2, 0) is 11.2 Å². The number of nitrogens with two attached hydrogens (primary N) is 1. The number of hydrogen-bond donors (Lipinski definition) is 1. The number of esters is 1. The van der Waals surface area contributed by atoms with E-state index in [-0.39, 0.29) is 17.9 Å². The number of rotatable bonds is 6. The predicted octanol–water partition coefficient (Wildman–Crippen LogP) is 4.07. The topological polar surface area (TPSA) is 104 Å². The molecule has 3 aromatic carbocycles. The Balaban J connectivity index is 1.69. The van der Waals surface area contributed by atoms with Crippen LogP contribution in [-0.4, -0.2) is 20.2 Å². The molecule has 4 rings (SSSR count). The molecular formula is C26H22N2O5. The minimum atomic E-state index is -0.544. The van der Waals surface area contributed by atoms with Gasteiger partial charge in [0.1, 0.15) is 23.1 Å². The molecule has 1 heterocycles. The Morgan fingerprint density at radius 1 is 1.03 bits per heavy atom. The van der Waals surface area contributed by atoms with Gasteiger partial charge in [-0.25, -0.2) is 0 Å². The fourth-order valence-electron chi connectivity index (χ4n) is 3.89. The first-order valence-corrected chi connectivity index (χ1v) is 10.2. The van der Waals surface area contributed by atoms with Crippen LogP contribution in [0.4, 0.5) is 0 Å². The quantitative estimate of drug-likeness (QED) is 0.453. The molecule has 0 aliphatic carbocycles. The second-order valence-electron chi connectivity index (χ2n) is 7.34. The number of benzene rings is 3. The third-order valence-electron chi connectivity index (χ3n) is 5.36. The first-order chi connectivity index (χ1) is 16.0. The number of allylic oxidation sites excluding steroid dienone is 1. The van der Waals surface area contributed by atoms with E-state index in [4.69, 9.17) is 24.7 Å². The van der Waals surface area contributed by atoms with Crippen molar-refractivity contribution >= 4 is 5.97 Å². The van der Waals surface area contributed by atoms with Gasteiger partial charge in [0.2, 0.25) is 5.88 Å².